The summed E-state index contributed by atoms with van der Waals surface area (Å²) in [4.78, 5) is 4.43. The summed E-state index contributed by atoms with van der Waals surface area (Å²) in [5.74, 6) is 0.776. The molecule has 4 aromatic rings. The Hall–Kier alpha value is -2.94. The number of hydrogen-bond acceptors (Lipinski definition) is 6. The molecule has 1 saturated heterocycles. The van der Waals surface area contributed by atoms with Crippen molar-refractivity contribution in [2.45, 2.75) is 43.2 Å². The lowest BCUT2D eigenvalue weighted by molar-refractivity contribution is -0.245. The number of aliphatic hydroxyl groups excluding tert-OH is 1. The van der Waals surface area contributed by atoms with Crippen molar-refractivity contribution < 1.29 is 14.6 Å². The van der Waals surface area contributed by atoms with Crippen LogP contribution in [0.3, 0.4) is 0 Å². The molecule has 186 valence electrons. The third kappa shape index (κ3) is 5.56. The van der Waals surface area contributed by atoms with Crippen molar-refractivity contribution in [1.82, 2.24) is 9.55 Å². The van der Waals surface area contributed by atoms with E-state index in [9.17, 15) is 5.11 Å². The molecule has 0 saturated carbocycles. The van der Waals surface area contributed by atoms with E-state index in [1.807, 2.05) is 60.4 Å². The summed E-state index contributed by atoms with van der Waals surface area (Å²) in [5, 5.41) is 10.4. The predicted octanol–water partition coefficient (Wildman–Crippen LogP) is 5.38. The zero-order chi connectivity index (χ0) is 24.9. The molecule has 36 heavy (non-hydrogen) atoms. The number of rotatable bonds is 8. The first kappa shape index (κ1) is 24.7. The average molecular weight is 502 g/mol. The van der Waals surface area contributed by atoms with E-state index in [4.69, 9.17) is 15.2 Å². The summed E-state index contributed by atoms with van der Waals surface area (Å²) in [5.41, 5.74) is 12.3. The molecule has 6 nitrogen and oxygen atoms in total. The van der Waals surface area contributed by atoms with E-state index >= 15 is 0 Å². The van der Waals surface area contributed by atoms with E-state index in [0.717, 1.165) is 50.7 Å². The number of benzene rings is 3. The Morgan fingerprint density at radius 2 is 1.75 bits per heavy atom. The third-order valence-corrected chi connectivity index (χ3v) is 7.71. The van der Waals surface area contributed by atoms with Gasteiger partial charge in [0.1, 0.15) is 0 Å². The molecule has 0 spiro atoms. The highest BCUT2D eigenvalue weighted by Crippen LogP contribution is 2.39. The summed E-state index contributed by atoms with van der Waals surface area (Å²) < 4.78 is 15.0. The fourth-order valence-electron chi connectivity index (χ4n) is 4.48. The van der Waals surface area contributed by atoms with Crippen LogP contribution < -0.4 is 5.73 Å². The number of nitrogens with two attached hydrogens (primary N) is 1. The Kier molecular flexibility index (Phi) is 7.84. The molecular formula is C29H31N3O3S. The molecule has 1 fully saturated rings. The van der Waals surface area contributed by atoms with Gasteiger partial charge in [-0.3, -0.25) is 0 Å². The Morgan fingerprint density at radius 3 is 2.44 bits per heavy atom. The van der Waals surface area contributed by atoms with Crippen LogP contribution in [0.1, 0.15) is 41.1 Å². The topological polar surface area (TPSA) is 82.5 Å². The van der Waals surface area contributed by atoms with Gasteiger partial charge < -0.3 is 24.9 Å². The van der Waals surface area contributed by atoms with Gasteiger partial charge in [0.25, 0.3) is 0 Å². The number of nitrogens with zero attached hydrogens (tertiary/aromatic N) is 2. The SMILES string of the molecule is Cn1ccnc1SC[C@H]1C[C@@H](c2ccc(CO)cc2)O[C@@H](c2ccc(-c3ccccc3CN)cc2)O1. The zero-order valence-electron chi connectivity index (χ0n) is 20.3. The van der Waals surface area contributed by atoms with Crippen molar-refractivity contribution in [1.29, 1.82) is 0 Å². The molecule has 3 atom stereocenters. The molecule has 5 rings (SSSR count). The lowest BCUT2D eigenvalue weighted by atomic mass is 9.98. The van der Waals surface area contributed by atoms with Crippen molar-refractivity contribution >= 4 is 11.8 Å². The monoisotopic (exact) mass is 501 g/mol. The second kappa shape index (κ2) is 11.4. The highest BCUT2D eigenvalue weighted by Gasteiger charge is 2.32. The predicted molar refractivity (Wildman–Crippen MR) is 142 cm³/mol. The van der Waals surface area contributed by atoms with E-state index in [0.29, 0.717) is 6.54 Å². The summed E-state index contributed by atoms with van der Waals surface area (Å²) >= 11 is 1.69. The van der Waals surface area contributed by atoms with E-state index in [2.05, 4.69) is 41.4 Å². The van der Waals surface area contributed by atoms with Crippen LogP contribution in [0.5, 0.6) is 0 Å². The van der Waals surface area contributed by atoms with Gasteiger partial charge in [0.05, 0.1) is 18.8 Å². The Morgan fingerprint density at radius 1 is 1.00 bits per heavy atom. The van der Waals surface area contributed by atoms with Crippen LogP contribution in [0, 0.1) is 0 Å². The van der Waals surface area contributed by atoms with E-state index < -0.39 is 6.29 Å². The maximum Gasteiger partial charge on any atom is 0.184 e. The fourth-order valence-corrected chi connectivity index (χ4v) is 5.43. The molecule has 0 unspecified atom stereocenters. The van der Waals surface area contributed by atoms with Crippen molar-refractivity contribution in [2.24, 2.45) is 12.8 Å². The summed E-state index contributed by atoms with van der Waals surface area (Å²) in [6.07, 6.45) is 3.91. The van der Waals surface area contributed by atoms with Crippen LogP contribution in [0.4, 0.5) is 0 Å². The highest BCUT2D eigenvalue weighted by atomic mass is 32.2. The Labute approximate surface area is 216 Å². The average Bonchev–Trinajstić information content (AvgIpc) is 3.36. The minimum Gasteiger partial charge on any atom is -0.392 e. The maximum atomic E-state index is 9.42. The molecule has 1 aromatic heterocycles. The zero-order valence-corrected chi connectivity index (χ0v) is 21.1. The number of thioether (sulfide) groups is 1. The number of hydrogen-bond donors (Lipinski definition) is 2. The van der Waals surface area contributed by atoms with Gasteiger partial charge in [-0.2, -0.15) is 0 Å². The number of aromatic nitrogens is 2. The minimum atomic E-state index is -0.480. The van der Waals surface area contributed by atoms with Gasteiger partial charge in [-0.15, -0.1) is 0 Å². The number of aryl methyl sites for hydroxylation is 1. The quantitative estimate of drug-likeness (QED) is 0.316. The van der Waals surface area contributed by atoms with Crippen LogP contribution in [0.15, 0.2) is 90.3 Å². The van der Waals surface area contributed by atoms with Gasteiger partial charge in [0.2, 0.25) is 0 Å². The normalized spacial score (nSPS) is 19.9. The van der Waals surface area contributed by atoms with Gasteiger partial charge in [0.15, 0.2) is 11.4 Å². The summed E-state index contributed by atoms with van der Waals surface area (Å²) in [6, 6.07) is 24.5. The molecule has 0 aliphatic carbocycles. The molecular weight excluding hydrogens is 470 g/mol. The second-order valence-electron chi connectivity index (χ2n) is 8.97. The van der Waals surface area contributed by atoms with E-state index in [-0.39, 0.29) is 18.8 Å². The molecule has 7 heteroatoms. The minimum absolute atomic E-state index is 0.00869. The molecule has 2 heterocycles. The Bertz CT molecular complexity index is 1270. The van der Waals surface area contributed by atoms with Gasteiger partial charge in [0, 0.05) is 43.7 Å². The van der Waals surface area contributed by atoms with E-state index in [1.54, 1.807) is 11.8 Å². The van der Waals surface area contributed by atoms with Crippen molar-refractivity contribution in [3.63, 3.8) is 0 Å². The first-order chi connectivity index (χ1) is 17.6. The molecule has 3 N–H and O–H groups in total. The summed E-state index contributed by atoms with van der Waals surface area (Å²) in [7, 11) is 2.00. The van der Waals surface area contributed by atoms with E-state index in [1.165, 1.54) is 0 Å². The molecule has 3 aromatic carbocycles. The first-order valence-corrected chi connectivity index (χ1v) is 13.1. The van der Waals surface area contributed by atoms with Crippen LogP contribution in [-0.4, -0.2) is 26.5 Å². The molecule has 0 amide bonds. The van der Waals surface area contributed by atoms with Gasteiger partial charge in [-0.25, -0.2) is 4.98 Å². The molecule has 1 aliphatic heterocycles. The van der Waals surface area contributed by atoms with Crippen LogP contribution >= 0.6 is 11.8 Å². The van der Waals surface area contributed by atoms with Gasteiger partial charge in [-0.1, -0.05) is 84.6 Å². The number of ether oxygens (including phenoxy) is 2. The molecule has 0 radical (unpaired) electrons. The van der Waals surface area contributed by atoms with Crippen molar-refractivity contribution in [3.8, 4) is 11.1 Å². The van der Waals surface area contributed by atoms with Crippen molar-refractivity contribution in [3.05, 3.63) is 107 Å². The standard InChI is InChI=1S/C29H31N3O3S/c1-32-15-14-31-29(32)36-19-25-16-27(22-8-6-20(18-33)7-9-22)35-28(34-25)23-12-10-21(11-13-23)26-5-3-2-4-24(26)17-30/h2-15,25,27-28,33H,16-19,30H2,1H3/t25-,27+,28+/m1/s1. The van der Waals surface area contributed by atoms with Crippen LogP contribution in [0.2, 0.25) is 0 Å². The molecule has 1 aliphatic rings. The second-order valence-corrected chi connectivity index (χ2v) is 9.95. The van der Waals surface area contributed by atoms with Gasteiger partial charge >= 0.3 is 0 Å². The van der Waals surface area contributed by atoms with Crippen LogP contribution in [-0.2, 0) is 29.7 Å². The smallest absolute Gasteiger partial charge is 0.184 e. The largest absolute Gasteiger partial charge is 0.392 e. The fraction of sp³-hybridized carbons (Fsp3) is 0.276. The number of imidazole rings is 1. The summed E-state index contributed by atoms with van der Waals surface area (Å²) in [6.45, 7) is 0.527. The first-order valence-electron chi connectivity index (χ1n) is 12.1. The highest BCUT2D eigenvalue weighted by molar-refractivity contribution is 7.99. The lowest BCUT2D eigenvalue weighted by Crippen LogP contribution is -2.31. The molecule has 0 bridgehead atoms. The lowest BCUT2D eigenvalue weighted by Gasteiger charge is -2.36. The maximum absolute atomic E-state index is 9.42. The Balaban J connectivity index is 1.37. The third-order valence-electron chi connectivity index (χ3n) is 6.52. The van der Waals surface area contributed by atoms with Crippen molar-refractivity contribution in [2.75, 3.05) is 5.75 Å². The van der Waals surface area contributed by atoms with Crippen LogP contribution in [0.25, 0.3) is 11.1 Å². The van der Waals surface area contributed by atoms with Gasteiger partial charge in [-0.05, 0) is 27.8 Å². The number of aliphatic hydroxyl groups is 1.